The first-order chi connectivity index (χ1) is 7.73. The predicted molar refractivity (Wildman–Crippen MR) is 71.9 cm³/mol. The molecule has 1 N–H and O–H groups in total. The van der Waals surface area contributed by atoms with Gasteiger partial charge in [0, 0.05) is 6.54 Å². The molecule has 1 saturated carbocycles. The lowest BCUT2D eigenvalue weighted by Crippen LogP contribution is -2.59. The largest absolute Gasteiger partial charge is 0.355 e. The number of ether oxygens (including phenoxy) is 1. The Kier molecular flexibility index (Phi) is 3.33. The molecule has 1 aliphatic heterocycles. The molecular weight excluding hydrogens is 210 g/mol. The normalized spacial score (nSPS) is 38.3. The van der Waals surface area contributed by atoms with E-state index < -0.39 is 0 Å². The van der Waals surface area contributed by atoms with Crippen LogP contribution in [0.4, 0.5) is 0 Å². The van der Waals surface area contributed by atoms with E-state index >= 15 is 0 Å². The van der Waals surface area contributed by atoms with Crippen molar-refractivity contribution in [2.45, 2.75) is 78.0 Å². The van der Waals surface area contributed by atoms with Gasteiger partial charge in [-0.15, -0.1) is 0 Å². The van der Waals surface area contributed by atoms with Crippen molar-refractivity contribution in [1.82, 2.24) is 5.32 Å². The highest BCUT2D eigenvalue weighted by Gasteiger charge is 2.44. The molecular formula is C15H29NO. The van der Waals surface area contributed by atoms with E-state index in [1.54, 1.807) is 0 Å². The number of nitrogens with one attached hydrogen (secondary N) is 1. The van der Waals surface area contributed by atoms with Gasteiger partial charge in [-0.2, -0.15) is 0 Å². The van der Waals surface area contributed by atoms with Gasteiger partial charge in [-0.05, 0) is 57.3 Å². The summed E-state index contributed by atoms with van der Waals surface area (Å²) in [5.41, 5.74) is 0.495. The summed E-state index contributed by atoms with van der Waals surface area (Å²) in [4.78, 5) is 0. The Labute approximate surface area is 107 Å². The minimum absolute atomic E-state index is 0.0104. The Hall–Kier alpha value is -0.0800. The summed E-state index contributed by atoms with van der Waals surface area (Å²) < 4.78 is 6.35. The summed E-state index contributed by atoms with van der Waals surface area (Å²) in [7, 11) is 0. The molecule has 0 aromatic rings. The molecule has 0 aromatic carbocycles. The zero-order valence-corrected chi connectivity index (χ0v) is 12.2. The van der Waals surface area contributed by atoms with Crippen LogP contribution in [0.25, 0.3) is 0 Å². The van der Waals surface area contributed by atoms with Gasteiger partial charge in [0.1, 0.15) is 5.72 Å². The lowest BCUT2D eigenvalue weighted by molar-refractivity contribution is -0.205. The summed E-state index contributed by atoms with van der Waals surface area (Å²) in [6.07, 6.45) is 6.08. The Bertz CT molecular complexity index is 269. The van der Waals surface area contributed by atoms with E-state index in [0.717, 1.165) is 18.9 Å². The van der Waals surface area contributed by atoms with E-state index in [1.165, 1.54) is 25.7 Å². The second-order valence-corrected chi connectivity index (χ2v) is 7.67. The van der Waals surface area contributed by atoms with Crippen LogP contribution in [0.1, 0.15) is 66.7 Å². The molecule has 2 rings (SSSR count). The molecule has 100 valence electrons. The van der Waals surface area contributed by atoms with Gasteiger partial charge < -0.3 is 4.74 Å². The summed E-state index contributed by atoms with van der Waals surface area (Å²) in [5, 5.41) is 3.64. The maximum absolute atomic E-state index is 6.35. The van der Waals surface area contributed by atoms with Crippen LogP contribution in [0.2, 0.25) is 0 Å². The fraction of sp³-hybridized carbons (Fsp3) is 1.00. The Morgan fingerprint density at radius 2 is 1.65 bits per heavy atom. The number of hydrogen-bond donors (Lipinski definition) is 1. The van der Waals surface area contributed by atoms with Crippen LogP contribution < -0.4 is 5.32 Å². The molecule has 1 heterocycles. The molecule has 1 spiro atoms. The maximum atomic E-state index is 6.35. The number of rotatable bonds is 0. The van der Waals surface area contributed by atoms with E-state index in [0.29, 0.717) is 5.41 Å². The van der Waals surface area contributed by atoms with Gasteiger partial charge in [0.05, 0.1) is 5.60 Å². The van der Waals surface area contributed by atoms with Crippen molar-refractivity contribution in [2.24, 2.45) is 11.3 Å². The van der Waals surface area contributed by atoms with Crippen LogP contribution in [-0.2, 0) is 4.74 Å². The molecule has 0 bridgehead atoms. The van der Waals surface area contributed by atoms with Crippen molar-refractivity contribution < 1.29 is 4.74 Å². The van der Waals surface area contributed by atoms with Gasteiger partial charge in [-0.1, -0.05) is 20.8 Å². The van der Waals surface area contributed by atoms with Crippen molar-refractivity contribution in [3.63, 3.8) is 0 Å². The SMILES string of the molecule is CC1(C)CCNC2(CCC(C(C)(C)C)CC2)O1. The second kappa shape index (κ2) is 4.24. The molecule has 1 saturated heterocycles. The highest BCUT2D eigenvalue weighted by molar-refractivity contribution is 4.94. The van der Waals surface area contributed by atoms with Crippen molar-refractivity contribution in [2.75, 3.05) is 6.54 Å². The molecule has 0 unspecified atom stereocenters. The van der Waals surface area contributed by atoms with Crippen molar-refractivity contribution in [3.05, 3.63) is 0 Å². The van der Waals surface area contributed by atoms with Crippen LogP contribution in [-0.4, -0.2) is 17.9 Å². The van der Waals surface area contributed by atoms with Crippen LogP contribution in [0.5, 0.6) is 0 Å². The maximum Gasteiger partial charge on any atom is 0.119 e. The third-order valence-electron chi connectivity index (χ3n) is 4.66. The predicted octanol–water partition coefficient (Wildman–Crippen LogP) is 3.71. The van der Waals surface area contributed by atoms with Crippen molar-refractivity contribution in [3.8, 4) is 0 Å². The number of hydrogen-bond acceptors (Lipinski definition) is 2. The molecule has 17 heavy (non-hydrogen) atoms. The highest BCUT2D eigenvalue weighted by atomic mass is 16.5. The summed E-state index contributed by atoms with van der Waals surface area (Å²) in [6.45, 7) is 12.7. The average molecular weight is 239 g/mol. The molecule has 0 aromatic heterocycles. The molecule has 0 radical (unpaired) electrons. The highest BCUT2D eigenvalue weighted by Crippen LogP contribution is 2.44. The van der Waals surface area contributed by atoms with E-state index in [9.17, 15) is 0 Å². The first-order valence-corrected chi connectivity index (χ1v) is 7.18. The molecule has 2 heteroatoms. The summed E-state index contributed by atoms with van der Waals surface area (Å²) in [6, 6.07) is 0. The molecule has 2 fully saturated rings. The van der Waals surface area contributed by atoms with E-state index in [2.05, 4.69) is 39.9 Å². The average Bonchev–Trinajstić information content (AvgIpc) is 2.14. The fourth-order valence-electron chi connectivity index (χ4n) is 3.44. The lowest BCUT2D eigenvalue weighted by atomic mass is 9.70. The van der Waals surface area contributed by atoms with E-state index in [-0.39, 0.29) is 11.3 Å². The fourth-order valence-corrected chi connectivity index (χ4v) is 3.44. The first-order valence-electron chi connectivity index (χ1n) is 7.18. The second-order valence-electron chi connectivity index (χ2n) is 7.67. The third kappa shape index (κ3) is 3.03. The quantitative estimate of drug-likeness (QED) is 0.696. The molecule has 2 nitrogen and oxygen atoms in total. The minimum atomic E-state index is -0.0104. The Morgan fingerprint density at radius 1 is 1.06 bits per heavy atom. The van der Waals surface area contributed by atoms with Crippen LogP contribution >= 0.6 is 0 Å². The van der Waals surface area contributed by atoms with Crippen LogP contribution in [0, 0.1) is 11.3 Å². The summed E-state index contributed by atoms with van der Waals surface area (Å²) in [5.74, 6) is 0.851. The summed E-state index contributed by atoms with van der Waals surface area (Å²) >= 11 is 0. The molecule has 0 amide bonds. The zero-order chi connectivity index (χ0) is 12.7. The van der Waals surface area contributed by atoms with E-state index in [4.69, 9.17) is 4.74 Å². The van der Waals surface area contributed by atoms with Gasteiger partial charge in [0.2, 0.25) is 0 Å². The molecule has 1 aliphatic carbocycles. The zero-order valence-electron chi connectivity index (χ0n) is 12.2. The minimum Gasteiger partial charge on any atom is -0.355 e. The van der Waals surface area contributed by atoms with Gasteiger partial charge in [-0.25, -0.2) is 0 Å². The topological polar surface area (TPSA) is 21.3 Å². The van der Waals surface area contributed by atoms with Gasteiger partial charge >= 0.3 is 0 Å². The molecule has 0 atom stereocenters. The Morgan fingerprint density at radius 3 is 2.12 bits per heavy atom. The van der Waals surface area contributed by atoms with Gasteiger partial charge in [0.25, 0.3) is 0 Å². The standard InChI is InChI=1S/C15H29NO/c1-13(2,3)12-6-8-15(9-7-12)16-11-10-14(4,5)17-15/h12,16H,6-11H2,1-5H3. The van der Waals surface area contributed by atoms with Gasteiger partial charge in [-0.3, -0.25) is 5.32 Å². The lowest BCUT2D eigenvalue weighted by Gasteiger charge is -2.50. The monoisotopic (exact) mass is 239 g/mol. The smallest absolute Gasteiger partial charge is 0.119 e. The molecule has 2 aliphatic rings. The van der Waals surface area contributed by atoms with Crippen molar-refractivity contribution >= 4 is 0 Å². The van der Waals surface area contributed by atoms with Gasteiger partial charge in [0.15, 0.2) is 0 Å². The van der Waals surface area contributed by atoms with Crippen LogP contribution in [0.3, 0.4) is 0 Å². The third-order valence-corrected chi connectivity index (χ3v) is 4.66. The van der Waals surface area contributed by atoms with Crippen molar-refractivity contribution in [1.29, 1.82) is 0 Å². The van der Waals surface area contributed by atoms with E-state index in [1.807, 2.05) is 0 Å². The van der Waals surface area contributed by atoms with Crippen LogP contribution in [0.15, 0.2) is 0 Å². The first kappa shape index (κ1) is 13.4. The Balaban J connectivity index is 1.98.